The van der Waals surface area contributed by atoms with Gasteiger partial charge in [-0.2, -0.15) is 0 Å². The number of ether oxygens (including phenoxy) is 2. The predicted octanol–water partition coefficient (Wildman–Crippen LogP) is 2.16. The first kappa shape index (κ1) is 17.2. The number of rotatable bonds is 5. The number of likely N-dealkylation sites (tertiary alicyclic amines) is 1. The van der Waals surface area contributed by atoms with E-state index in [1.165, 1.54) is 5.56 Å². The molecule has 24 heavy (non-hydrogen) atoms. The molecule has 0 aromatic heterocycles. The summed E-state index contributed by atoms with van der Waals surface area (Å²) in [5, 5.41) is 0. The number of piperidine rings is 1. The van der Waals surface area contributed by atoms with E-state index in [-0.39, 0.29) is 5.92 Å². The highest BCUT2D eigenvalue weighted by atomic mass is 16.5. The summed E-state index contributed by atoms with van der Waals surface area (Å²) in [7, 11) is 0. The van der Waals surface area contributed by atoms with E-state index in [2.05, 4.69) is 17.0 Å². The predicted molar refractivity (Wildman–Crippen MR) is 93.0 cm³/mol. The summed E-state index contributed by atoms with van der Waals surface area (Å²) in [5.74, 6) is 1.45. The van der Waals surface area contributed by atoms with Gasteiger partial charge in [-0.05, 0) is 50.6 Å². The van der Waals surface area contributed by atoms with E-state index in [4.69, 9.17) is 9.47 Å². The maximum atomic E-state index is 12.6. The molecule has 0 saturated carbocycles. The number of carbonyl (C=O) groups is 1. The third-order valence-electron chi connectivity index (χ3n) is 4.90. The van der Waals surface area contributed by atoms with Crippen LogP contribution in [0.15, 0.2) is 24.3 Å². The lowest BCUT2D eigenvalue weighted by atomic mass is 9.94. The Morgan fingerprint density at radius 3 is 2.42 bits per heavy atom. The first-order valence-corrected chi connectivity index (χ1v) is 9.07. The number of benzene rings is 1. The summed E-state index contributed by atoms with van der Waals surface area (Å²) < 4.78 is 10.8. The van der Waals surface area contributed by atoms with Crippen molar-refractivity contribution in [3.05, 3.63) is 29.8 Å². The summed E-state index contributed by atoms with van der Waals surface area (Å²) in [5.41, 5.74) is 1.30. The lowest BCUT2D eigenvalue weighted by molar-refractivity contribution is -0.141. The third kappa shape index (κ3) is 4.48. The topological polar surface area (TPSA) is 42.0 Å². The van der Waals surface area contributed by atoms with E-state index in [0.29, 0.717) is 25.7 Å². The monoisotopic (exact) mass is 332 g/mol. The van der Waals surface area contributed by atoms with Gasteiger partial charge in [-0.15, -0.1) is 0 Å². The van der Waals surface area contributed by atoms with Gasteiger partial charge >= 0.3 is 0 Å². The summed E-state index contributed by atoms with van der Waals surface area (Å²) in [6.07, 6.45) is 1.93. The molecule has 2 fully saturated rings. The van der Waals surface area contributed by atoms with E-state index in [1.807, 2.05) is 24.0 Å². The van der Waals surface area contributed by atoms with Crippen LogP contribution in [-0.2, 0) is 16.1 Å². The first-order chi connectivity index (χ1) is 11.8. The van der Waals surface area contributed by atoms with Crippen LogP contribution in [0.25, 0.3) is 0 Å². The largest absolute Gasteiger partial charge is 0.494 e. The molecule has 0 unspecified atom stereocenters. The lowest BCUT2D eigenvalue weighted by Gasteiger charge is -2.35. The molecule has 3 rings (SSSR count). The second kappa shape index (κ2) is 8.49. The molecule has 2 saturated heterocycles. The minimum absolute atomic E-state index is 0.194. The number of nitrogens with zero attached hydrogens (tertiary/aromatic N) is 2. The minimum atomic E-state index is 0.194. The lowest BCUT2D eigenvalue weighted by Crippen LogP contribution is -2.46. The molecule has 0 aliphatic carbocycles. The fourth-order valence-electron chi connectivity index (χ4n) is 3.50. The van der Waals surface area contributed by atoms with Crippen LogP contribution in [0.1, 0.15) is 25.3 Å². The SMILES string of the molecule is CCOc1ccc(CN2CCC(C(=O)N3CCOCC3)CC2)cc1. The van der Waals surface area contributed by atoms with Crippen LogP contribution >= 0.6 is 0 Å². The van der Waals surface area contributed by atoms with Crippen molar-refractivity contribution in [3.63, 3.8) is 0 Å². The van der Waals surface area contributed by atoms with Gasteiger partial charge in [0.15, 0.2) is 0 Å². The molecular formula is C19H28N2O3. The molecule has 0 atom stereocenters. The Morgan fingerprint density at radius 1 is 1.12 bits per heavy atom. The van der Waals surface area contributed by atoms with Gasteiger partial charge in [-0.3, -0.25) is 9.69 Å². The van der Waals surface area contributed by atoms with E-state index >= 15 is 0 Å². The van der Waals surface area contributed by atoms with Crippen LogP contribution in [-0.4, -0.2) is 61.7 Å². The standard InChI is InChI=1S/C19H28N2O3/c1-2-24-18-5-3-16(4-6-18)15-20-9-7-17(8-10-20)19(22)21-11-13-23-14-12-21/h3-6,17H,2,7-15H2,1H3. The second-order valence-corrected chi connectivity index (χ2v) is 6.57. The van der Waals surface area contributed by atoms with Crippen LogP contribution in [0.2, 0.25) is 0 Å². The van der Waals surface area contributed by atoms with Gasteiger partial charge in [-0.1, -0.05) is 12.1 Å². The average Bonchev–Trinajstić information content (AvgIpc) is 2.64. The van der Waals surface area contributed by atoms with Crippen molar-refractivity contribution in [1.29, 1.82) is 0 Å². The van der Waals surface area contributed by atoms with Crippen LogP contribution in [0.3, 0.4) is 0 Å². The van der Waals surface area contributed by atoms with E-state index in [0.717, 1.165) is 51.3 Å². The Balaban J connectivity index is 1.45. The van der Waals surface area contributed by atoms with Gasteiger partial charge in [0.05, 0.1) is 19.8 Å². The third-order valence-corrected chi connectivity index (χ3v) is 4.90. The zero-order valence-electron chi connectivity index (χ0n) is 14.6. The van der Waals surface area contributed by atoms with E-state index in [9.17, 15) is 4.79 Å². The summed E-state index contributed by atoms with van der Waals surface area (Å²) in [6.45, 7) is 8.51. The molecule has 2 aliphatic rings. The zero-order valence-corrected chi connectivity index (χ0v) is 14.6. The molecule has 0 bridgehead atoms. The first-order valence-electron chi connectivity index (χ1n) is 9.07. The van der Waals surface area contributed by atoms with Crippen molar-refractivity contribution in [3.8, 4) is 5.75 Å². The summed E-state index contributed by atoms with van der Waals surface area (Å²) in [4.78, 5) is 17.0. The van der Waals surface area contributed by atoms with E-state index in [1.54, 1.807) is 0 Å². The fraction of sp³-hybridized carbons (Fsp3) is 0.632. The quantitative estimate of drug-likeness (QED) is 0.829. The van der Waals surface area contributed by atoms with Crippen molar-refractivity contribution in [2.75, 3.05) is 46.0 Å². The Labute approximate surface area is 144 Å². The molecule has 1 aromatic carbocycles. The molecule has 5 nitrogen and oxygen atoms in total. The van der Waals surface area contributed by atoms with Gasteiger partial charge in [0.25, 0.3) is 0 Å². The van der Waals surface area contributed by atoms with Gasteiger partial charge in [0.2, 0.25) is 5.91 Å². The van der Waals surface area contributed by atoms with Crippen LogP contribution in [0.4, 0.5) is 0 Å². The zero-order chi connectivity index (χ0) is 16.8. The second-order valence-electron chi connectivity index (χ2n) is 6.57. The molecule has 2 aliphatic heterocycles. The Kier molecular flexibility index (Phi) is 6.10. The summed E-state index contributed by atoms with van der Waals surface area (Å²) in [6, 6.07) is 8.34. The van der Waals surface area contributed by atoms with Gasteiger partial charge in [-0.25, -0.2) is 0 Å². The van der Waals surface area contributed by atoms with Crippen LogP contribution in [0, 0.1) is 5.92 Å². The van der Waals surface area contributed by atoms with Gasteiger partial charge in [0.1, 0.15) is 5.75 Å². The fourth-order valence-corrected chi connectivity index (χ4v) is 3.50. The van der Waals surface area contributed by atoms with Crippen LogP contribution in [0.5, 0.6) is 5.75 Å². The molecule has 0 N–H and O–H groups in total. The van der Waals surface area contributed by atoms with Gasteiger partial charge in [0, 0.05) is 25.6 Å². The van der Waals surface area contributed by atoms with Crippen molar-refractivity contribution in [2.45, 2.75) is 26.3 Å². The molecule has 132 valence electrons. The maximum absolute atomic E-state index is 12.6. The Hall–Kier alpha value is -1.59. The smallest absolute Gasteiger partial charge is 0.225 e. The number of hydrogen-bond donors (Lipinski definition) is 0. The molecule has 1 amide bonds. The number of amides is 1. The van der Waals surface area contributed by atoms with Crippen LogP contribution < -0.4 is 4.74 Å². The molecule has 1 aromatic rings. The maximum Gasteiger partial charge on any atom is 0.225 e. The normalized spacial score (nSPS) is 20.1. The van der Waals surface area contributed by atoms with E-state index < -0.39 is 0 Å². The van der Waals surface area contributed by atoms with Crippen molar-refractivity contribution >= 4 is 5.91 Å². The highest BCUT2D eigenvalue weighted by Gasteiger charge is 2.29. The molecule has 5 heteroatoms. The van der Waals surface area contributed by atoms with Crippen molar-refractivity contribution in [2.24, 2.45) is 5.92 Å². The average molecular weight is 332 g/mol. The highest BCUT2D eigenvalue weighted by Crippen LogP contribution is 2.22. The number of morpholine rings is 1. The summed E-state index contributed by atoms with van der Waals surface area (Å²) >= 11 is 0. The number of hydrogen-bond acceptors (Lipinski definition) is 4. The van der Waals surface area contributed by atoms with Crippen molar-refractivity contribution in [1.82, 2.24) is 9.80 Å². The van der Waals surface area contributed by atoms with Gasteiger partial charge < -0.3 is 14.4 Å². The highest BCUT2D eigenvalue weighted by molar-refractivity contribution is 5.79. The van der Waals surface area contributed by atoms with Crippen molar-refractivity contribution < 1.29 is 14.3 Å². The molecule has 0 spiro atoms. The Morgan fingerprint density at radius 2 is 1.79 bits per heavy atom. The molecule has 0 radical (unpaired) electrons. The Bertz CT molecular complexity index is 518. The molecule has 2 heterocycles. The molecular weight excluding hydrogens is 304 g/mol. The number of carbonyl (C=O) groups excluding carboxylic acids is 1. The minimum Gasteiger partial charge on any atom is -0.494 e.